The minimum atomic E-state index is -0.423. The predicted molar refractivity (Wildman–Crippen MR) is 140 cm³/mol. The van der Waals surface area contributed by atoms with Crippen molar-refractivity contribution in [3.8, 4) is 5.75 Å². The molecular weight excluding hydrogens is 424 g/mol. The molecule has 0 radical (unpaired) electrons. The normalized spacial score (nSPS) is 11.9. The number of aryl methyl sites for hydroxylation is 1. The van der Waals surface area contributed by atoms with E-state index >= 15 is 0 Å². The molecule has 0 saturated heterocycles. The largest absolute Gasteiger partial charge is 0.486 e. The number of hydrogen-bond acceptors (Lipinski definition) is 3. The first-order valence-electron chi connectivity index (χ1n) is 12.3. The number of Topliss-reactive ketones (excluding diaryl/α,β-unsaturated/α-hetero) is 1. The van der Waals surface area contributed by atoms with Crippen molar-refractivity contribution in [1.29, 1.82) is 0 Å². The van der Waals surface area contributed by atoms with E-state index in [0.717, 1.165) is 29.8 Å². The highest BCUT2D eigenvalue weighted by atomic mass is 16.5. The van der Waals surface area contributed by atoms with Gasteiger partial charge in [-0.05, 0) is 56.0 Å². The maximum absolute atomic E-state index is 13.1. The smallest absolute Gasteiger partial charge is 0.270 e. The van der Waals surface area contributed by atoms with Crippen LogP contribution in [-0.4, -0.2) is 41.4 Å². The van der Waals surface area contributed by atoms with Gasteiger partial charge in [-0.3, -0.25) is 9.59 Å². The molecule has 0 N–H and O–H groups in total. The first-order chi connectivity index (χ1) is 16.0. The molecule has 1 amide bonds. The van der Waals surface area contributed by atoms with E-state index in [1.165, 1.54) is 5.56 Å². The van der Waals surface area contributed by atoms with E-state index in [0.29, 0.717) is 18.8 Å². The highest BCUT2D eigenvalue weighted by Crippen LogP contribution is 2.41. The standard InChI is InChI=1S/C29H42N2O3/c1-10-18-30(9)27(33)23-15-17-25(31(23)13-4)29(11-2,12-3)22-14-16-24(21(5)19-22)34-20-26(32)28(6,7)8/h10,14-17,19H,1,11-13,18,20H2,2-9H3. The van der Waals surface area contributed by atoms with Crippen molar-refractivity contribution in [2.45, 2.75) is 73.3 Å². The lowest BCUT2D eigenvalue weighted by molar-refractivity contribution is -0.128. The lowest BCUT2D eigenvalue weighted by atomic mass is 9.72. The number of ether oxygens (including phenoxy) is 1. The van der Waals surface area contributed by atoms with Gasteiger partial charge in [-0.1, -0.05) is 52.8 Å². The van der Waals surface area contributed by atoms with Crippen LogP contribution in [0.15, 0.2) is 43.0 Å². The molecular formula is C29H42N2O3. The molecule has 0 aliphatic heterocycles. The van der Waals surface area contributed by atoms with E-state index in [9.17, 15) is 9.59 Å². The number of carbonyl (C=O) groups is 2. The Bertz CT molecular complexity index is 1020. The summed E-state index contributed by atoms with van der Waals surface area (Å²) in [7, 11) is 1.80. The van der Waals surface area contributed by atoms with Crippen LogP contribution in [0.4, 0.5) is 0 Å². The van der Waals surface area contributed by atoms with Crippen molar-refractivity contribution < 1.29 is 14.3 Å². The molecule has 1 aromatic heterocycles. The summed E-state index contributed by atoms with van der Waals surface area (Å²) in [4.78, 5) is 27.1. The van der Waals surface area contributed by atoms with Crippen molar-refractivity contribution in [3.05, 3.63) is 65.5 Å². The molecule has 0 spiro atoms. The van der Waals surface area contributed by atoms with Crippen molar-refractivity contribution in [2.24, 2.45) is 5.41 Å². The zero-order chi connectivity index (χ0) is 25.7. The minimum absolute atomic E-state index is 0.00227. The molecule has 5 nitrogen and oxygen atoms in total. The summed E-state index contributed by atoms with van der Waals surface area (Å²) in [5.41, 5.74) is 3.37. The first-order valence-corrected chi connectivity index (χ1v) is 12.3. The van der Waals surface area contributed by atoms with Crippen LogP contribution in [0, 0.1) is 12.3 Å². The molecule has 1 aromatic carbocycles. The highest BCUT2D eigenvalue weighted by molar-refractivity contribution is 5.93. The summed E-state index contributed by atoms with van der Waals surface area (Å²) < 4.78 is 8.03. The van der Waals surface area contributed by atoms with Crippen LogP contribution in [0.25, 0.3) is 0 Å². The van der Waals surface area contributed by atoms with E-state index in [2.05, 4.69) is 50.1 Å². The summed E-state index contributed by atoms with van der Waals surface area (Å²) in [5, 5.41) is 0. The second-order valence-corrected chi connectivity index (χ2v) is 10.1. The molecule has 0 atom stereocenters. The number of carbonyl (C=O) groups excluding carboxylic acids is 2. The minimum Gasteiger partial charge on any atom is -0.486 e. The van der Waals surface area contributed by atoms with E-state index in [1.807, 2.05) is 39.8 Å². The Labute approximate surface area is 205 Å². The molecule has 2 aromatic rings. The molecule has 0 unspecified atom stereocenters. The van der Waals surface area contributed by atoms with E-state index in [-0.39, 0.29) is 23.7 Å². The van der Waals surface area contributed by atoms with E-state index in [1.54, 1.807) is 18.0 Å². The molecule has 0 bridgehead atoms. The maximum Gasteiger partial charge on any atom is 0.270 e. The van der Waals surface area contributed by atoms with Gasteiger partial charge in [-0.2, -0.15) is 0 Å². The average molecular weight is 467 g/mol. The summed E-state index contributed by atoms with van der Waals surface area (Å²) in [5.74, 6) is 0.805. The van der Waals surface area contributed by atoms with Gasteiger partial charge in [0.15, 0.2) is 5.78 Å². The number of benzene rings is 1. The molecule has 0 fully saturated rings. The molecule has 186 valence electrons. The fourth-order valence-electron chi connectivity index (χ4n) is 4.52. The Morgan fingerprint density at radius 3 is 2.24 bits per heavy atom. The van der Waals surface area contributed by atoms with Crippen molar-refractivity contribution >= 4 is 11.7 Å². The van der Waals surface area contributed by atoms with Gasteiger partial charge in [0.05, 0.1) is 0 Å². The molecule has 5 heteroatoms. The third-order valence-corrected chi connectivity index (χ3v) is 6.89. The van der Waals surface area contributed by atoms with Gasteiger partial charge in [0.25, 0.3) is 5.91 Å². The third kappa shape index (κ3) is 5.45. The number of rotatable bonds is 11. The Morgan fingerprint density at radius 1 is 1.09 bits per heavy atom. The quantitative estimate of drug-likeness (QED) is 0.372. The summed E-state index contributed by atoms with van der Waals surface area (Å²) in [6.07, 6.45) is 3.53. The number of ketones is 1. The molecule has 34 heavy (non-hydrogen) atoms. The number of likely N-dealkylation sites (N-methyl/N-ethyl adjacent to an activating group) is 1. The SMILES string of the molecule is C=CCN(C)C(=O)c1ccc(C(CC)(CC)c2ccc(OCC(=O)C(C)(C)C)c(C)c2)n1CC. The number of nitrogens with zero attached hydrogens (tertiary/aromatic N) is 2. The van der Waals surface area contributed by atoms with Crippen molar-refractivity contribution in [1.82, 2.24) is 9.47 Å². The fourth-order valence-corrected chi connectivity index (χ4v) is 4.52. The zero-order valence-electron chi connectivity index (χ0n) is 22.3. The number of hydrogen-bond donors (Lipinski definition) is 0. The van der Waals surface area contributed by atoms with Crippen molar-refractivity contribution in [2.75, 3.05) is 20.2 Å². The van der Waals surface area contributed by atoms with Gasteiger partial charge in [0.1, 0.15) is 18.1 Å². The monoisotopic (exact) mass is 466 g/mol. The second-order valence-electron chi connectivity index (χ2n) is 10.1. The van der Waals surface area contributed by atoms with Crippen LogP contribution in [-0.2, 0) is 16.8 Å². The fraction of sp³-hybridized carbons (Fsp3) is 0.517. The summed E-state index contributed by atoms with van der Waals surface area (Å²) in [6, 6.07) is 10.3. The topological polar surface area (TPSA) is 51.5 Å². The van der Waals surface area contributed by atoms with E-state index < -0.39 is 5.41 Å². The lowest BCUT2D eigenvalue weighted by Crippen LogP contribution is -2.32. The molecule has 0 aliphatic carbocycles. The first kappa shape index (κ1) is 27.4. The summed E-state index contributed by atoms with van der Waals surface area (Å²) in [6.45, 7) is 19.3. The average Bonchev–Trinajstić information content (AvgIpc) is 3.23. The van der Waals surface area contributed by atoms with Gasteiger partial charge >= 0.3 is 0 Å². The molecule has 1 heterocycles. The molecule has 2 rings (SSSR count). The van der Waals surface area contributed by atoms with Crippen LogP contribution >= 0.6 is 0 Å². The Balaban J connectivity index is 2.47. The van der Waals surface area contributed by atoms with Gasteiger partial charge in [0.2, 0.25) is 0 Å². The van der Waals surface area contributed by atoms with Crippen LogP contribution < -0.4 is 4.74 Å². The predicted octanol–water partition coefficient (Wildman–Crippen LogP) is 6.17. The van der Waals surface area contributed by atoms with Gasteiger partial charge in [0, 0.05) is 36.7 Å². The van der Waals surface area contributed by atoms with Crippen LogP contribution in [0.3, 0.4) is 0 Å². The number of aromatic nitrogens is 1. The zero-order valence-corrected chi connectivity index (χ0v) is 22.3. The second kappa shape index (κ2) is 11.1. The van der Waals surface area contributed by atoms with Gasteiger partial charge < -0.3 is 14.2 Å². The maximum atomic E-state index is 13.1. The Kier molecular flexibility index (Phi) is 8.93. The van der Waals surface area contributed by atoms with E-state index in [4.69, 9.17) is 4.74 Å². The summed E-state index contributed by atoms with van der Waals surface area (Å²) >= 11 is 0. The lowest BCUT2D eigenvalue weighted by Gasteiger charge is -2.35. The molecule has 0 saturated carbocycles. The third-order valence-electron chi connectivity index (χ3n) is 6.89. The van der Waals surface area contributed by atoms with Crippen LogP contribution in [0.1, 0.15) is 81.7 Å². The Morgan fingerprint density at radius 2 is 1.74 bits per heavy atom. The number of amides is 1. The van der Waals surface area contributed by atoms with Crippen molar-refractivity contribution in [3.63, 3.8) is 0 Å². The molecule has 0 aliphatic rings. The van der Waals surface area contributed by atoms with Crippen LogP contribution in [0.2, 0.25) is 0 Å². The Hall–Kier alpha value is -2.82. The highest BCUT2D eigenvalue weighted by Gasteiger charge is 2.35. The van der Waals surface area contributed by atoms with Gasteiger partial charge in [-0.25, -0.2) is 0 Å². The van der Waals surface area contributed by atoms with Crippen LogP contribution in [0.5, 0.6) is 5.75 Å². The van der Waals surface area contributed by atoms with Gasteiger partial charge in [-0.15, -0.1) is 6.58 Å².